The third-order valence-electron chi connectivity index (χ3n) is 4.00. The first-order chi connectivity index (χ1) is 12.3. The molecule has 0 aromatic heterocycles. The minimum absolute atomic E-state index is 0.0335. The number of anilines is 1. The highest BCUT2D eigenvalue weighted by atomic mass is 35.5. The zero-order valence-corrected chi connectivity index (χ0v) is 16.3. The SMILES string of the molecule is Cc1cc(C)cc(NC(=O)COC(=O)[C@@H](c2ccc(Cl)cc2)C(C)C)c1. The Hall–Kier alpha value is -2.33. The average Bonchev–Trinajstić information content (AvgIpc) is 2.53. The molecule has 0 spiro atoms. The van der Waals surface area contributed by atoms with Crippen LogP contribution in [-0.2, 0) is 14.3 Å². The molecule has 26 heavy (non-hydrogen) atoms. The molecule has 0 radical (unpaired) electrons. The van der Waals surface area contributed by atoms with Gasteiger partial charge in [0.2, 0.25) is 0 Å². The van der Waals surface area contributed by atoms with Gasteiger partial charge in [-0.25, -0.2) is 0 Å². The largest absolute Gasteiger partial charge is 0.455 e. The molecule has 0 unspecified atom stereocenters. The van der Waals surface area contributed by atoms with E-state index in [0.717, 1.165) is 16.7 Å². The summed E-state index contributed by atoms with van der Waals surface area (Å²) in [6, 6.07) is 12.9. The summed E-state index contributed by atoms with van der Waals surface area (Å²) < 4.78 is 5.26. The lowest BCUT2D eigenvalue weighted by Crippen LogP contribution is -2.26. The smallest absolute Gasteiger partial charge is 0.314 e. The molecule has 2 rings (SSSR count). The topological polar surface area (TPSA) is 55.4 Å². The van der Waals surface area contributed by atoms with Crippen LogP contribution in [0.5, 0.6) is 0 Å². The Morgan fingerprint density at radius 1 is 1.04 bits per heavy atom. The fourth-order valence-corrected chi connectivity index (χ4v) is 3.06. The number of amides is 1. The fourth-order valence-electron chi connectivity index (χ4n) is 2.93. The lowest BCUT2D eigenvalue weighted by atomic mass is 9.88. The van der Waals surface area contributed by atoms with E-state index in [-0.39, 0.29) is 18.4 Å². The molecule has 0 saturated carbocycles. The van der Waals surface area contributed by atoms with E-state index in [1.807, 2.05) is 58.0 Å². The van der Waals surface area contributed by atoms with Crippen LogP contribution in [0.25, 0.3) is 0 Å². The van der Waals surface area contributed by atoms with Crippen LogP contribution in [0.4, 0.5) is 5.69 Å². The maximum atomic E-state index is 12.5. The third kappa shape index (κ3) is 5.60. The number of hydrogen-bond donors (Lipinski definition) is 1. The normalized spacial score (nSPS) is 11.9. The van der Waals surface area contributed by atoms with Crippen molar-refractivity contribution in [3.63, 3.8) is 0 Å². The lowest BCUT2D eigenvalue weighted by molar-refractivity contribution is -0.149. The summed E-state index contributed by atoms with van der Waals surface area (Å²) in [6.45, 7) is 7.49. The lowest BCUT2D eigenvalue weighted by Gasteiger charge is -2.20. The number of ether oxygens (including phenoxy) is 1. The van der Waals surface area contributed by atoms with Crippen LogP contribution < -0.4 is 5.32 Å². The highest BCUT2D eigenvalue weighted by Gasteiger charge is 2.26. The van der Waals surface area contributed by atoms with Crippen LogP contribution in [0.3, 0.4) is 0 Å². The molecule has 0 aliphatic heterocycles. The Morgan fingerprint density at radius 3 is 2.15 bits per heavy atom. The van der Waals surface area contributed by atoms with Crippen LogP contribution in [0.15, 0.2) is 42.5 Å². The summed E-state index contributed by atoms with van der Waals surface area (Å²) in [5, 5.41) is 3.37. The Bertz CT molecular complexity index is 764. The van der Waals surface area contributed by atoms with Gasteiger partial charge in [0.05, 0.1) is 5.92 Å². The summed E-state index contributed by atoms with van der Waals surface area (Å²) in [5.74, 6) is -1.19. The van der Waals surface area contributed by atoms with Crippen LogP contribution in [0.1, 0.15) is 36.5 Å². The predicted octanol–water partition coefficient (Wildman–Crippen LogP) is 4.88. The number of esters is 1. The highest BCUT2D eigenvalue weighted by molar-refractivity contribution is 6.30. The van der Waals surface area contributed by atoms with Crippen molar-refractivity contribution in [3.8, 4) is 0 Å². The van der Waals surface area contributed by atoms with Crippen LogP contribution in [-0.4, -0.2) is 18.5 Å². The number of nitrogens with one attached hydrogen (secondary N) is 1. The summed E-state index contributed by atoms with van der Waals surface area (Å²) in [5.41, 5.74) is 3.63. The molecule has 0 aliphatic rings. The van der Waals surface area contributed by atoms with Crippen molar-refractivity contribution < 1.29 is 14.3 Å². The Labute approximate surface area is 159 Å². The molecular formula is C21H24ClNO3. The molecule has 0 saturated heterocycles. The van der Waals surface area contributed by atoms with E-state index in [1.54, 1.807) is 12.1 Å². The number of benzene rings is 2. The van der Waals surface area contributed by atoms with Gasteiger partial charge in [0, 0.05) is 10.7 Å². The first-order valence-electron chi connectivity index (χ1n) is 8.56. The van der Waals surface area contributed by atoms with Crippen molar-refractivity contribution in [2.75, 3.05) is 11.9 Å². The van der Waals surface area contributed by atoms with Gasteiger partial charge in [-0.05, 0) is 60.7 Å². The van der Waals surface area contributed by atoms with Gasteiger partial charge in [-0.1, -0.05) is 43.6 Å². The molecule has 0 heterocycles. The summed E-state index contributed by atoms with van der Waals surface area (Å²) in [4.78, 5) is 24.6. The quantitative estimate of drug-likeness (QED) is 0.734. The van der Waals surface area contributed by atoms with Crippen LogP contribution in [0, 0.1) is 19.8 Å². The molecule has 4 nitrogen and oxygen atoms in total. The first-order valence-corrected chi connectivity index (χ1v) is 8.94. The Morgan fingerprint density at radius 2 is 1.62 bits per heavy atom. The van der Waals surface area contributed by atoms with Gasteiger partial charge in [0.25, 0.3) is 5.91 Å². The minimum atomic E-state index is -0.443. The zero-order valence-electron chi connectivity index (χ0n) is 15.5. The van der Waals surface area contributed by atoms with Crippen molar-refractivity contribution in [1.29, 1.82) is 0 Å². The molecule has 138 valence electrons. The molecule has 1 amide bonds. The van der Waals surface area contributed by atoms with Crippen molar-refractivity contribution in [2.24, 2.45) is 5.92 Å². The summed E-state index contributed by atoms with van der Waals surface area (Å²) in [7, 11) is 0. The van der Waals surface area contributed by atoms with Gasteiger partial charge >= 0.3 is 5.97 Å². The monoisotopic (exact) mass is 373 g/mol. The van der Waals surface area contributed by atoms with E-state index in [1.165, 1.54) is 0 Å². The van der Waals surface area contributed by atoms with E-state index in [2.05, 4.69) is 5.32 Å². The standard InChI is InChI=1S/C21H24ClNO3/c1-13(2)20(16-5-7-17(22)8-6-16)21(25)26-12-19(24)23-18-10-14(3)9-15(4)11-18/h5-11,13,20H,12H2,1-4H3,(H,23,24)/t20-/m1/s1. The van der Waals surface area contributed by atoms with Gasteiger partial charge in [0.1, 0.15) is 0 Å². The molecule has 2 aromatic carbocycles. The van der Waals surface area contributed by atoms with E-state index in [4.69, 9.17) is 16.3 Å². The minimum Gasteiger partial charge on any atom is -0.455 e. The van der Waals surface area contributed by atoms with Gasteiger partial charge in [-0.3, -0.25) is 9.59 Å². The maximum Gasteiger partial charge on any atom is 0.314 e. The van der Waals surface area contributed by atoms with E-state index >= 15 is 0 Å². The summed E-state index contributed by atoms with van der Waals surface area (Å²) >= 11 is 5.91. The molecule has 1 N–H and O–H groups in total. The van der Waals surface area contributed by atoms with Gasteiger partial charge < -0.3 is 10.1 Å². The van der Waals surface area contributed by atoms with Crippen molar-refractivity contribution >= 4 is 29.2 Å². The van der Waals surface area contributed by atoms with E-state index in [9.17, 15) is 9.59 Å². The second-order valence-electron chi connectivity index (χ2n) is 6.81. The van der Waals surface area contributed by atoms with E-state index < -0.39 is 11.9 Å². The number of carbonyl (C=O) groups excluding carboxylic acids is 2. The molecule has 5 heteroatoms. The second kappa shape index (κ2) is 8.86. The summed E-state index contributed by atoms with van der Waals surface area (Å²) in [6.07, 6.45) is 0. The number of carbonyl (C=O) groups is 2. The average molecular weight is 374 g/mol. The first kappa shape index (κ1) is 20.0. The molecule has 0 aliphatic carbocycles. The number of aryl methyl sites for hydroxylation is 2. The van der Waals surface area contributed by atoms with Crippen LogP contribution in [0.2, 0.25) is 5.02 Å². The molecule has 0 fully saturated rings. The molecule has 1 atom stereocenters. The maximum absolute atomic E-state index is 12.5. The second-order valence-corrected chi connectivity index (χ2v) is 7.24. The fraction of sp³-hybridized carbons (Fsp3) is 0.333. The Balaban J connectivity index is 1.98. The third-order valence-corrected chi connectivity index (χ3v) is 4.25. The van der Waals surface area contributed by atoms with Crippen LogP contribution >= 0.6 is 11.6 Å². The van der Waals surface area contributed by atoms with Crippen molar-refractivity contribution in [3.05, 3.63) is 64.2 Å². The van der Waals surface area contributed by atoms with Gasteiger partial charge in [-0.2, -0.15) is 0 Å². The number of halogens is 1. The van der Waals surface area contributed by atoms with E-state index in [0.29, 0.717) is 10.7 Å². The molecule has 0 bridgehead atoms. The number of rotatable bonds is 6. The highest BCUT2D eigenvalue weighted by Crippen LogP contribution is 2.27. The number of hydrogen-bond acceptors (Lipinski definition) is 3. The van der Waals surface area contributed by atoms with Gasteiger partial charge in [0.15, 0.2) is 6.61 Å². The molecule has 2 aromatic rings. The van der Waals surface area contributed by atoms with Gasteiger partial charge in [-0.15, -0.1) is 0 Å². The molecular weight excluding hydrogens is 350 g/mol. The Kier molecular flexibility index (Phi) is 6.81. The van der Waals surface area contributed by atoms with Crippen molar-refractivity contribution in [2.45, 2.75) is 33.6 Å². The predicted molar refractivity (Wildman–Crippen MR) is 105 cm³/mol. The van der Waals surface area contributed by atoms with Crippen molar-refractivity contribution in [1.82, 2.24) is 0 Å². The zero-order chi connectivity index (χ0) is 19.3.